The van der Waals surface area contributed by atoms with Crippen molar-refractivity contribution in [2.75, 3.05) is 19.6 Å². The second-order valence-electron chi connectivity index (χ2n) is 15.4. The highest BCUT2D eigenvalue weighted by Gasteiger charge is 2.78. The molecule has 11 rings (SSSR count). The Kier molecular flexibility index (Phi) is 5.90. The monoisotopic (exact) mass is 677 g/mol. The van der Waals surface area contributed by atoms with Gasteiger partial charge in [0.1, 0.15) is 12.3 Å². The molecular weight excluding hydrogens is 639 g/mol. The van der Waals surface area contributed by atoms with E-state index >= 15 is 0 Å². The molecule has 5 aliphatic rings. The Balaban J connectivity index is 1.18. The topological polar surface area (TPSA) is 51.6 Å². The van der Waals surface area contributed by atoms with Crippen molar-refractivity contribution < 1.29 is 0 Å². The van der Waals surface area contributed by atoms with E-state index < -0.39 is 0 Å². The van der Waals surface area contributed by atoms with Gasteiger partial charge in [-0.1, -0.05) is 100 Å². The summed E-state index contributed by atoms with van der Waals surface area (Å²) in [5.74, 6) is 3.13. The van der Waals surface area contributed by atoms with Crippen molar-refractivity contribution in [3.05, 3.63) is 156 Å². The molecular formula is C45H39N7. The Hall–Kier alpha value is -5.95. The zero-order chi connectivity index (χ0) is 34.9. The summed E-state index contributed by atoms with van der Waals surface area (Å²) in [5, 5.41) is 0. The van der Waals surface area contributed by atoms with Gasteiger partial charge >= 0.3 is 0 Å². The molecule has 1 aliphatic carbocycles. The molecule has 0 N–H and O–H groups in total. The van der Waals surface area contributed by atoms with Crippen molar-refractivity contribution >= 4 is 51.5 Å². The molecule has 4 atom stereocenters. The molecule has 6 heterocycles. The van der Waals surface area contributed by atoms with Crippen LogP contribution in [0.4, 0.5) is 45.9 Å². The third-order valence-corrected chi connectivity index (χ3v) is 12.6. The molecule has 6 aromatic rings. The number of rotatable bonds is 3. The maximum absolute atomic E-state index is 5.38. The van der Waals surface area contributed by atoms with Crippen molar-refractivity contribution in [3.63, 3.8) is 0 Å². The number of para-hydroxylation sites is 4. The lowest BCUT2D eigenvalue weighted by Gasteiger charge is -2.43. The second kappa shape index (κ2) is 10.3. The lowest BCUT2D eigenvalue weighted by molar-refractivity contribution is 0.376. The quantitative estimate of drug-likeness (QED) is 0.185. The first-order valence-corrected chi connectivity index (χ1v) is 18.4. The summed E-state index contributed by atoms with van der Waals surface area (Å²) in [6.45, 7) is 9.39. The van der Waals surface area contributed by atoms with Gasteiger partial charge in [0, 0.05) is 46.1 Å². The molecule has 1 fully saturated rings. The van der Waals surface area contributed by atoms with E-state index in [2.05, 4.69) is 169 Å². The first kappa shape index (κ1) is 29.7. The van der Waals surface area contributed by atoms with Crippen LogP contribution in [0.2, 0.25) is 0 Å². The maximum atomic E-state index is 5.38. The summed E-state index contributed by atoms with van der Waals surface area (Å²) >= 11 is 0. The average Bonchev–Trinajstić information content (AvgIpc) is 3.41. The van der Waals surface area contributed by atoms with Crippen LogP contribution in [0.3, 0.4) is 0 Å². The van der Waals surface area contributed by atoms with Crippen LogP contribution in [-0.4, -0.2) is 27.3 Å². The van der Waals surface area contributed by atoms with Crippen molar-refractivity contribution in [1.82, 2.24) is 15.0 Å². The van der Waals surface area contributed by atoms with Crippen molar-refractivity contribution in [1.29, 1.82) is 0 Å². The van der Waals surface area contributed by atoms with Crippen LogP contribution in [0.15, 0.2) is 139 Å². The standard InChI is InChI=1S/C45H39N7/c1-28(2)34-27-47-41-42(48-34)50(30-18-9-6-10-19-30)43-45(4)39(44(45,3)33-21-12-14-23-36(33)52(41)43)32-26-38-49(29-16-7-5-8-17-29)37-24-15-25-46-40(37)51(38)35-22-13-11-20-31(32)35/h5-25,27-28,38,43H,26H2,1-4H3/b39-32-. The number of nitrogens with zero attached hydrogens (tertiary/aromatic N) is 7. The third kappa shape index (κ3) is 3.58. The van der Waals surface area contributed by atoms with Gasteiger partial charge in [-0.25, -0.2) is 15.0 Å². The Morgan fingerprint density at radius 2 is 1.27 bits per heavy atom. The molecule has 2 aromatic heterocycles. The van der Waals surface area contributed by atoms with E-state index in [1.165, 1.54) is 39.3 Å². The predicted molar refractivity (Wildman–Crippen MR) is 209 cm³/mol. The zero-order valence-electron chi connectivity index (χ0n) is 29.8. The molecule has 0 amide bonds. The van der Waals surface area contributed by atoms with Crippen LogP contribution in [0, 0.1) is 5.41 Å². The van der Waals surface area contributed by atoms with E-state index in [4.69, 9.17) is 15.0 Å². The fourth-order valence-corrected chi connectivity index (χ4v) is 10.2. The highest BCUT2D eigenvalue weighted by Crippen LogP contribution is 2.80. The summed E-state index contributed by atoms with van der Waals surface area (Å²) in [6.07, 6.45) is 4.73. The number of hydrogen-bond donors (Lipinski definition) is 0. The SMILES string of the molecule is CC(C)c1cnc2c(n1)N(c1ccccc1)C1N2c2ccccc2C2(C)/C(=C3\CC4N(c5ccccc5)c5cccnc5N4c4ccccc43)C12C. The minimum atomic E-state index is -0.274. The summed E-state index contributed by atoms with van der Waals surface area (Å²) in [7, 11) is 0. The van der Waals surface area contributed by atoms with Crippen LogP contribution >= 0.6 is 0 Å². The first-order chi connectivity index (χ1) is 25.4. The molecule has 52 heavy (non-hydrogen) atoms. The van der Waals surface area contributed by atoms with Gasteiger partial charge in [-0.15, -0.1) is 0 Å². The van der Waals surface area contributed by atoms with Crippen molar-refractivity contribution in [2.45, 2.75) is 57.8 Å². The average molecular weight is 678 g/mol. The van der Waals surface area contributed by atoms with Crippen LogP contribution in [0.1, 0.15) is 56.9 Å². The highest BCUT2D eigenvalue weighted by molar-refractivity contribution is 5.99. The normalized spacial score (nSPS) is 25.9. The summed E-state index contributed by atoms with van der Waals surface area (Å²) in [4.78, 5) is 25.6. The van der Waals surface area contributed by atoms with Crippen molar-refractivity contribution in [2.24, 2.45) is 5.41 Å². The molecule has 254 valence electrons. The van der Waals surface area contributed by atoms with Gasteiger partial charge < -0.3 is 19.6 Å². The number of pyridine rings is 1. The Morgan fingerprint density at radius 3 is 2.02 bits per heavy atom. The molecule has 0 saturated heterocycles. The number of aromatic nitrogens is 3. The summed E-state index contributed by atoms with van der Waals surface area (Å²) in [6, 6.07) is 43.9. The van der Waals surface area contributed by atoms with E-state index in [-0.39, 0.29) is 29.1 Å². The van der Waals surface area contributed by atoms with Crippen LogP contribution in [0.5, 0.6) is 0 Å². The van der Waals surface area contributed by atoms with E-state index in [1.54, 1.807) is 0 Å². The van der Waals surface area contributed by atoms with Crippen LogP contribution < -0.4 is 19.6 Å². The van der Waals surface area contributed by atoms with Gasteiger partial charge in [0.05, 0.1) is 23.3 Å². The number of fused-ring (bicyclic) bond motifs is 13. The highest BCUT2D eigenvalue weighted by atomic mass is 15.5. The van der Waals surface area contributed by atoms with Gasteiger partial charge in [-0.05, 0) is 71.2 Å². The maximum Gasteiger partial charge on any atom is 0.178 e. The predicted octanol–water partition coefficient (Wildman–Crippen LogP) is 10.4. The molecule has 4 unspecified atom stereocenters. The molecule has 7 heteroatoms. The van der Waals surface area contributed by atoms with Gasteiger partial charge in [0.15, 0.2) is 17.5 Å². The van der Waals surface area contributed by atoms with Gasteiger partial charge in [-0.3, -0.25) is 0 Å². The van der Waals surface area contributed by atoms with E-state index in [0.717, 1.165) is 40.9 Å². The fraction of sp³-hybridized carbons (Fsp3) is 0.222. The lowest BCUT2D eigenvalue weighted by atomic mass is 9.81. The minimum Gasteiger partial charge on any atom is -0.317 e. The third-order valence-electron chi connectivity index (χ3n) is 12.6. The van der Waals surface area contributed by atoms with Crippen LogP contribution in [0.25, 0.3) is 5.57 Å². The fourth-order valence-electron chi connectivity index (χ4n) is 10.2. The smallest absolute Gasteiger partial charge is 0.178 e. The van der Waals surface area contributed by atoms with E-state index in [1.807, 2.05) is 12.4 Å². The van der Waals surface area contributed by atoms with Gasteiger partial charge in [-0.2, -0.15) is 0 Å². The molecule has 1 saturated carbocycles. The Bertz CT molecular complexity index is 2460. The summed E-state index contributed by atoms with van der Waals surface area (Å²) in [5.41, 5.74) is 11.9. The van der Waals surface area contributed by atoms with Crippen molar-refractivity contribution in [3.8, 4) is 0 Å². The second-order valence-corrected chi connectivity index (χ2v) is 15.4. The first-order valence-electron chi connectivity index (χ1n) is 18.4. The number of hydrogen-bond acceptors (Lipinski definition) is 7. The van der Waals surface area contributed by atoms with E-state index in [0.29, 0.717) is 0 Å². The number of anilines is 8. The molecule has 0 bridgehead atoms. The molecule has 0 spiro atoms. The molecule has 0 radical (unpaired) electrons. The minimum absolute atomic E-state index is 0.0360. The van der Waals surface area contributed by atoms with Gasteiger partial charge in [0.2, 0.25) is 0 Å². The zero-order valence-corrected chi connectivity index (χ0v) is 29.8. The lowest BCUT2D eigenvalue weighted by Crippen LogP contribution is -2.50. The largest absolute Gasteiger partial charge is 0.317 e. The molecule has 4 aliphatic heterocycles. The van der Waals surface area contributed by atoms with Gasteiger partial charge in [0.25, 0.3) is 0 Å². The van der Waals surface area contributed by atoms with Crippen LogP contribution in [-0.2, 0) is 5.41 Å². The van der Waals surface area contributed by atoms with E-state index in [9.17, 15) is 0 Å². The summed E-state index contributed by atoms with van der Waals surface area (Å²) < 4.78 is 0. The molecule has 7 nitrogen and oxygen atoms in total. The number of benzene rings is 4. The Morgan fingerprint density at radius 1 is 0.615 bits per heavy atom. The molecule has 4 aromatic carbocycles. The Labute approximate surface area is 304 Å².